The van der Waals surface area contributed by atoms with Crippen LogP contribution in [0, 0.1) is 23.2 Å². The van der Waals surface area contributed by atoms with Crippen LogP contribution in [0.3, 0.4) is 0 Å². The minimum atomic E-state index is 0.00430. The second kappa shape index (κ2) is 9.58. The van der Waals surface area contributed by atoms with Gasteiger partial charge in [0.1, 0.15) is 0 Å². The zero-order valence-corrected chi connectivity index (χ0v) is 18.7. The first-order valence-corrected chi connectivity index (χ1v) is 10.9. The van der Waals surface area contributed by atoms with Gasteiger partial charge in [-0.25, -0.2) is 0 Å². The molecule has 1 nitrogen and oxygen atoms in total. The summed E-state index contributed by atoms with van der Waals surface area (Å²) in [6.45, 7) is 21.0. The Kier molecular flexibility index (Phi) is 8.72. The summed E-state index contributed by atoms with van der Waals surface area (Å²) in [6, 6.07) is 0. The van der Waals surface area contributed by atoms with E-state index < -0.39 is 0 Å². The van der Waals surface area contributed by atoms with Crippen molar-refractivity contribution in [1.82, 2.24) is 0 Å². The summed E-state index contributed by atoms with van der Waals surface area (Å²) in [7, 11) is 0. The molecule has 1 aliphatic carbocycles. The third-order valence-corrected chi connectivity index (χ3v) is 6.74. The van der Waals surface area contributed by atoms with Crippen LogP contribution < -0.4 is 0 Å². The molecule has 148 valence electrons. The van der Waals surface area contributed by atoms with Crippen molar-refractivity contribution in [3.8, 4) is 0 Å². The topological polar surface area (TPSA) is 9.23 Å². The monoisotopic (exact) mass is 350 g/mol. The molecule has 0 bridgehead atoms. The van der Waals surface area contributed by atoms with Crippen LogP contribution in [-0.2, 0) is 4.74 Å². The molecule has 0 aromatic heterocycles. The maximum Gasteiger partial charge on any atom is 0.0630 e. The van der Waals surface area contributed by atoms with Gasteiger partial charge in [-0.15, -0.1) is 0 Å². The predicted octanol–water partition coefficient (Wildman–Crippen LogP) is 7.80. The lowest BCUT2D eigenvalue weighted by Crippen LogP contribution is -2.42. The standard InChI is InChI=1S/C24H46O/c1-10-15-23(7,8)25-20(11-2)16-22(21-14-13-19(21)6)24(9,12-3)17-18(4)5/h17,19-22H,10-16H2,1-9H3/t19?,20-,21?,22?,24?/m1/s1. The Morgan fingerprint density at radius 2 is 1.76 bits per heavy atom. The minimum absolute atomic E-state index is 0.00430. The molecule has 1 saturated carbocycles. The van der Waals surface area contributed by atoms with Crippen LogP contribution in [0.2, 0.25) is 0 Å². The van der Waals surface area contributed by atoms with Crippen molar-refractivity contribution in [2.45, 2.75) is 119 Å². The van der Waals surface area contributed by atoms with E-state index in [2.05, 4.69) is 68.4 Å². The average molecular weight is 351 g/mol. The first kappa shape index (κ1) is 22.7. The van der Waals surface area contributed by atoms with E-state index in [0.29, 0.717) is 11.5 Å². The number of rotatable bonds is 11. The highest BCUT2D eigenvalue weighted by atomic mass is 16.5. The van der Waals surface area contributed by atoms with Crippen LogP contribution in [0.15, 0.2) is 11.6 Å². The van der Waals surface area contributed by atoms with Crippen LogP contribution in [0.1, 0.15) is 107 Å². The Bertz CT molecular complexity index is 418. The zero-order valence-electron chi connectivity index (χ0n) is 18.7. The lowest BCUT2D eigenvalue weighted by Gasteiger charge is -2.49. The highest BCUT2D eigenvalue weighted by Crippen LogP contribution is 2.51. The minimum Gasteiger partial charge on any atom is -0.372 e. The van der Waals surface area contributed by atoms with E-state index >= 15 is 0 Å². The molecule has 0 spiro atoms. The van der Waals surface area contributed by atoms with Crippen LogP contribution in [-0.4, -0.2) is 11.7 Å². The summed E-state index contributed by atoms with van der Waals surface area (Å²) in [6.07, 6.45) is 11.7. The molecule has 1 rings (SSSR count). The van der Waals surface area contributed by atoms with E-state index in [-0.39, 0.29) is 5.60 Å². The smallest absolute Gasteiger partial charge is 0.0630 e. The summed E-state index contributed by atoms with van der Waals surface area (Å²) < 4.78 is 6.64. The summed E-state index contributed by atoms with van der Waals surface area (Å²) in [5, 5.41) is 0. The molecule has 1 aliphatic rings. The lowest BCUT2D eigenvalue weighted by atomic mass is 9.57. The Morgan fingerprint density at radius 3 is 2.12 bits per heavy atom. The number of hydrogen-bond donors (Lipinski definition) is 0. The summed E-state index contributed by atoms with van der Waals surface area (Å²) >= 11 is 0. The SMILES string of the molecule is CCCC(C)(C)O[C@H](CC)CC(C1CCC1C)C(C)(C=C(C)C)CC. The van der Waals surface area contributed by atoms with Crippen LogP contribution in [0.25, 0.3) is 0 Å². The van der Waals surface area contributed by atoms with Crippen molar-refractivity contribution in [2.75, 3.05) is 0 Å². The molecule has 0 saturated heterocycles. The Morgan fingerprint density at radius 1 is 1.12 bits per heavy atom. The van der Waals surface area contributed by atoms with Gasteiger partial charge in [0.15, 0.2) is 0 Å². The van der Waals surface area contributed by atoms with Crippen molar-refractivity contribution in [3.05, 3.63) is 11.6 Å². The summed E-state index contributed by atoms with van der Waals surface area (Å²) in [4.78, 5) is 0. The molecule has 0 aromatic rings. The molecule has 4 unspecified atom stereocenters. The van der Waals surface area contributed by atoms with E-state index in [1.807, 2.05) is 0 Å². The van der Waals surface area contributed by atoms with Crippen LogP contribution in [0.4, 0.5) is 0 Å². The molecule has 1 fully saturated rings. The van der Waals surface area contributed by atoms with Crippen LogP contribution in [0.5, 0.6) is 0 Å². The number of ether oxygens (including phenoxy) is 1. The molecule has 25 heavy (non-hydrogen) atoms. The van der Waals surface area contributed by atoms with Crippen molar-refractivity contribution in [1.29, 1.82) is 0 Å². The zero-order chi connectivity index (χ0) is 19.3. The van der Waals surface area contributed by atoms with Gasteiger partial charge in [-0.3, -0.25) is 0 Å². The van der Waals surface area contributed by atoms with Crippen molar-refractivity contribution in [2.24, 2.45) is 23.2 Å². The van der Waals surface area contributed by atoms with E-state index in [0.717, 1.165) is 30.6 Å². The molecule has 0 N–H and O–H groups in total. The third kappa shape index (κ3) is 6.42. The van der Waals surface area contributed by atoms with Gasteiger partial charge in [0.2, 0.25) is 0 Å². The fraction of sp³-hybridized carbons (Fsp3) is 0.917. The molecule has 0 heterocycles. The molecule has 1 heteroatoms. The van der Waals surface area contributed by atoms with Crippen molar-refractivity contribution < 1.29 is 4.74 Å². The lowest BCUT2D eigenvalue weighted by molar-refractivity contribution is -0.101. The van der Waals surface area contributed by atoms with Gasteiger partial charge in [-0.05, 0) is 83.0 Å². The fourth-order valence-electron chi connectivity index (χ4n) is 5.05. The normalized spacial score (nSPS) is 25.6. The van der Waals surface area contributed by atoms with E-state index in [4.69, 9.17) is 4.74 Å². The van der Waals surface area contributed by atoms with Gasteiger partial charge in [0.05, 0.1) is 11.7 Å². The number of hydrogen-bond acceptors (Lipinski definition) is 1. The maximum absolute atomic E-state index is 6.64. The van der Waals surface area contributed by atoms with Gasteiger partial charge in [0.25, 0.3) is 0 Å². The fourth-order valence-corrected chi connectivity index (χ4v) is 5.05. The highest BCUT2D eigenvalue weighted by molar-refractivity contribution is 5.08. The Hall–Kier alpha value is -0.300. The largest absolute Gasteiger partial charge is 0.372 e. The highest BCUT2D eigenvalue weighted by Gasteiger charge is 2.43. The second-order valence-corrected chi connectivity index (χ2v) is 9.80. The summed E-state index contributed by atoms with van der Waals surface area (Å²) in [5.74, 6) is 2.48. The summed E-state index contributed by atoms with van der Waals surface area (Å²) in [5.41, 5.74) is 1.76. The van der Waals surface area contributed by atoms with E-state index in [1.54, 1.807) is 0 Å². The van der Waals surface area contributed by atoms with Gasteiger partial charge >= 0.3 is 0 Å². The molecule has 0 aliphatic heterocycles. The van der Waals surface area contributed by atoms with E-state index in [1.165, 1.54) is 37.7 Å². The maximum atomic E-state index is 6.64. The second-order valence-electron chi connectivity index (χ2n) is 9.80. The molecular weight excluding hydrogens is 304 g/mol. The molecule has 0 aromatic carbocycles. The quantitative estimate of drug-likeness (QED) is 0.345. The Labute approximate surface area is 159 Å². The third-order valence-electron chi connectivity index (χ3n) is 6.74. The average Bonchev–Trinajstić information content (AvgIpc) is 2.50. The molecular formula is C24H46O. The first-order valence-electron chi connectivity index (χ1n) is 10.9. The van der Waals surface area contributed by atoms with Crippen molar-refractivity contribution >= 4 is 0 Å². The van der Waals surface area contributed by atoms with Gasteiger partial charge in [-0.2, -0.15) is 0 Å². The molecule has 0 radical (unpaired) electrons. The van der Waals surface area contributed by atoms with Gasteiger partial charge in [-0.1, -0.05) is 59.1 Å². The van der Waals surface area contributed by atoms with Gasteiger partial charge in [0, 0.05) is 0 Å². The molecule has 0 amide bonds. The van der Waals surface area contributed by atoms with Gasteiger partial charge < -0.3 is 4.74 Å². The first-order chi connectivity index (χ1) is 11.6. The predicted molar refractivity (Wildman–Crippen MR) is 112 cm³/mol. The molecule has 5 atom stereocenters. The van der Waals surface area contributed by atoms with E-state index in [9.17, 15) is 0 Å². The number of allylic oxidation sites excluding steroid dienone is 2. The Balaban J connectivity index is 3.01. The van der Waals surface area contributed by atoms with Crippen molar-refractivity contribution in [3.63, 3.8) is 0 Å². The van der Waals surface area contributed by atoms with Crippen LogP contribution >= 0.6 is 0 Å².